The van der Waals surface area contributed by atoms with Gasteiger partial charge in [0, 0.05) is 23.9 Å². The lowest BCUT2D eigenvalue weighted by Gasteiger charge is -2.24. The fourth-order valence-corrected chi connectivity index (χ4v) is 1.62. The SMILES string of the molecule is Nc1ccc(C2COCCN2)c(O)c1. The van der Waals surface area contributed by atoms with Crippen LogP contribution in [0.1, 0.15) is 11.6 Å². The summed E-state index contributed by atoms with van der Waals surface area (Å²) in [7, 11) is 0. The molecule has 1 aliphatic heterocycles. The maximum absolute atomic E-state index is 9.67. The second-order valence-corrected chi connectivity index (χ2v) is 3.40. The lowest BCUT2D eigenvalue weighted by Crippen LogP contribution is -2.34. The van der Waals surface area contributed by atoms with Gasteiger partial charge in [0.2, 0.25) is 0 Å². The van der Waals surface area contributed by atoms with E-state index in [1.165, 1.54) is 0 Å². The van der Waals surface area contributed by atoms with Crippen molar-refractivity contribution in [1.82, 2.24) is 5.32 Å². The number of hydrogen-bond donors (Lipinski definition) is 3. The maximum atomic E-state index is 9.67. The van der Waals surface area contributed by atoms with E-state index in [-0.39, 0.29) is 11.8 Å². The molecule has 1 atom stereocenters. The summed E-state index contributed by atoms with van der Waals surface area (Å²) in [5.74, 6) is 0.230. The van der Waals surface area contributed by atoms with Crippen LogP contribution in [-0.2, 0) is 4.74 Å². The zero-order chi connectivity index (χ0) is 9.97. The molecule has 14 heavy (non-hydrogen) atoms. The van der Waals surface area contributed by atoms with Crippen molar-refractivity contribution in [2.45, 2.75) is 6.04 Å². The highest BCUT2D eigenvalue weighted by molar-refractivity contribution is 5.48. The van der Waals surface area contributed by atoms with Gasteiger partial charge in [0.1, 0.15) is 5.75 Å². The zero-order valence-corrected chi connectivity index (χ0v) is 7.86. The van der Waals surface area contributed by atoms with Gasteiger partial charge in [-0.1, -0.05) is 6.07 Å². The van der Waals surface area contributed by atoms with Crippen LogP contribution in [0.15, 0.2) is 18.2 Å². The monoisotopic (exact) mass is 194 g/mol. The molecule has 76 valence electrons. The number of phenols is 1. The van der Waals surface area contributed by atoms with Crippen molar-refractivity contribution in [3.8, 4) is 5.75 Å². The molecule has 1 unspecified atom stereocenters. The molecule has 0 spiro atoms. The molecule has 4 nitrogen and oxygen atoms in total. The molecule has 0 bridgehead atoms. The third kappa shape index (κ3) is 1.81. The van der Waals surface area contributed by atoms with Crippen molar-refractivity contribution in [3.63, 3.8) is 0 Å². The summed E-state index contributed by atoms with van der Waals surface area (Å²) < 4.78 is 5.32. The number of ether oxygens (including phenoxy) is 1. The number of nitrogen functional groups attached to an aromatic ring is 1. The minimum absolute atomic E-state index is 0.0735. The summed E-state index contributed by atoms with van der Waals surface area (Å²) in [6, 6.07) is 5.25. The van der Waals surface area contributed by atoms with E-state index in [0.29, 0.717) is 12.3 Å². The largest absolute Gasteiger partial charge is 0.508 e. The van der Waals surface area contributed by atoms with Crippen molar-refractivity contribution in [2.24, 2.45) is 0 Å². The highest BCUT2D eigenvalue weighted by Gasteiger charge is 2.17. The van der Waals surface area contributed by atoms with Crippen LogP contribution in [0.3, 0.4) is 0 Å². The molecule has 4 heteroatoms. The Kier molecular flexibility index (Phi) is 2.56. The summed E-state index contributed by atoms with van der Waals surface area (Å²) in [6.07, 6.45) is 0. The highest BCUT2D eigenvalue weighted by Crippen LogP contribution is 2.27. The minimum Gasteiger partial charge on any atom is -0.508 e. The summed E-state index contributed by atoms with van der Waals surface area (Å²) in [5.41, 5.74) is 6.96. The molecule has 1 saturated heterocycles. The summed E-state index contributed by atoms with van der Waals surface area (Å²) in [6.45, 7) is 2.14. The third-order valence-electron chi connectivity index (χ3n) is 2.35. The Hall–Kier alpha value is -1.26. The highest BCUT2D eigenvalue weighted by atomic mass is 16.5. The van der Waals surface area contributed by atoms with Gasteiger partial charge >= 0.3 is 0 Å². The molecule has 1 aromatic carbocycles. The van der Waals surface area contributed by atoms with E-state index in [1.54, 1.807) is 12.1 Å². The van der Waals surface area contributed by atoms with Crippen molar-refractivity contribution in [3.05, 3.63) is 23.8 Å². The Labute approximate surface area is 82.7 Å². The fourth-order valence-electron chi connectivity index (χ4n) is 1.62. The number of morpholine rings is 1. The van der Waals surface area contributed by atoms with E-state index >= 15 is 0 Å². The number of aromatic hydroxyl groups is 1. The number of rotatable bonds is 1. The van der Waals surface area contributed by atoms with E-state index in [4.69, 9.17) is 10.5 Å². The summed E-state index contributed by atoms with van der Waals surface area (Å²) in [5, 5.41) is 12.9. The molecule has 4 N–H and O–H groups in total. The Balaban J connectivity index is 2.22. The van der Waals surface area contributed by atoms with E-state index in [9.17, 15) is 5.11 Å². The van der Waals surface area contributed by atoms with Gasteiger partial charge in [0.25, 0.3) is 0 Å². The van der Waals surface area contributed by atoms with Crippen LogP contribution in [0, 0.1) is 0 Å². The molecule has 0 radical (unpaired) electrons. The second-order valence-electron chi connectivity index (χ2n) is 3.40. The Morgan fingerprint density at radius 1 is 1.50 bits per heavy atom. The first kappa shape index (κ1) is 9.30. The van der Waals surface area contributed by atoms with Gasteiger partial charge in [-0.15, -0.1) is 0 Å². The number of nitrogens with one attached hydrogen (secondary N) is 1. The summed E-state index contributed by atoms with van der Waals surface area (Å²) >= 11 is 0. The molecule has 0 aromatic heterocycles. The molecular formula is C10H14N2O2. The Morgan fingerprint density at radius 2 is 2.36 bits per heavy atom. The number of hydrogen-bond acceptors (Lipinski definition) is 4. The number of anilines is 1. The molecule has 1 heterocycles. The Morgan fingerprint density at radius 3 is 3.00 bits per heavy atom. The average Bonchev–Trinajstić information content (AvgIpc) is 2.19. The smallest absolute Gasteiger partial charge is 0.122 e. The first-order valence-corrected chi connectivity index (χ1v) is 4.67. The van der Waals surface area contributed by atoms with Crippen molar-refractivity contribution >= 4 is 5.69 Å². The van der Waals surface area contributed by atoms with Gasteiger partial charge in [0.15, 0.2) is 0 Å². The normalized spacial score (nSPS) is 22.1. The van der Waals surface area contributed by atoms with Gasteiger partial charge < -0.3 is 20.9 Å². The molecule has 1 aliphatic rings. The second kappa shape index (κ2) is 3.86. The van der Waals surface area contributed by atoms with E-state index < -0.39 is 0 Å². The van der Waals surface area contributed by atoms with Crippen LogP contribution in [0.5, 0.6) is 5.75 Å². The number of benzene rings is 1. The molecule has 0 aliphatic carbocycles. The van der Waals surface area contributed by atoms with Crippen LogP contribution in [0.4, 0.5) is 5.69 Å². The van der Waals surface area contributed by atoms with E-state index in [1.807, 2.05) is 6.07 Å². The molecule has 0 amide bonds. The van der Waals surface area contributed by atoms with Gasteiger partial charge in [-0.2, -0.15) is 0 Å². The topological polar surface area (TPSA) is 67.5 Å². The van der Waals surface area contributed by atoms with Crippen molar-refractivity contribution in [1.29, 1.82) is 0 Å². The van der Waals surface area contributed by atoms with Gasteiger partial charge in [-0.05, 0) is 6.07 Å². The predicted molar refractivity (Wildman–Crippen MR) is 54.1 cm³/mol. The van der Waals surface area contributed by atoms with Crippen molar-refractivity contribution in [2.75, 3.05) is 25.5 Å². The maximum Gasteiger partial charge on any atom is 0.122 e. The predicted octanol–water partition coefficient (Wildman–Crippen LogP) is 0.635. The molecular weight excluding hydrogens is 180 g/mol. The molecule has 2 rings (SSSR count). The first-order valence-electron chi connectivity index (χ1n) is 4.67. The quantitative estimate of drug-likeness (QED) is 0.574. The van der Waals surface area contributed by atoms with Crippen LogP contribution in [-0.4, -0.2) is 24.9 Å². The van der Waals surface area contributed by atoms with Crippen LogP contribution in [0.25, 0.3) is 0 Å². The lowest BCUT2D eigenvalue weighted by atomic mass is 10.1. The lowest BCUT2D eigenvalue weighted by molar-refractivity contribution is 0.0761. The fraction of sp³-hybridized carbons (Fsp3) is 0.400. The van der Waals surface area contributed by atoms with Crippen LogP contribution in [0.2, 0.25) is 0 Å². The third-order valence-corrected chi connectivity index (χ3v) is 2.35. The average molecular weight is 194 g/mol. The number of phenolic OH excluding ortho intramolecular Hbond substituents is 1. The minimum atomic E-state index is 0.0735. The van der Waals surface area contributed by atoms with Crippen LogP contribution < -0.4 is 11.1 Å². The van der Waals surface area contributed by atoms with Gasteiger partial charge in [-0.3, -0.25) is 0 Å². The van der Waals surface area contributed by atoms with E-state index in [2.05, 4.69) is 5.32 Å². The zero-order valence-electron chi connectivity index (χ0n) is 7.86. The van der Waals surface area contributed by atoms with Crippen LogP contribution >= 0.6 is 0 Å². The molecule has 1 aromatic rings. The molecule has 1 fully saturated rings. The van der Waals surface area contributed by atoms with Gasteiger partial charge in [-0.25, -0.2) is 0 Å². The Bertz CT molecular complexity index is 322. The number of nitrogens with two attached hydrogens (primary N) is 1. The van der Waals surface area contributed by atoms with Gasteiger partial charge in [0.05, 0.1) is 19.3 Å². The van der Waals surface area contributed by atoms with Crippen molar-refractivity contribution < 1.29 is 9.84 Å². The van der Waals surface area contributed by atoms with E-state index in [0.717, 1.165) is 18.7 Å². The standard InChI is InChI=1S/C10H14N2O2/c11-7-1-2-8(10(13)5-7)9-6-14-4-3-12-9/h1-2,5,9,12-13H,3-4,6,11H2. The summed E-state index contributed by atoms with van der Waals surface area (Å²) in [4.78, 5) is 0. The molecule has 0 saturated carbocycles. The first-order chi connectivity index (χ1) is 6.77.